The standard InChI is InChI=1S/C27H33ClN2O5Si/c1-17(18-10-12-19(28)13-11-18)24(31)29-22-9-7-8-21-20(22)14-15-30(25(21)32)23(26(33)34)16-35-36(5,6)27(2,3)4/h7-15,17,23H,16H2,1-6H3,(H,29,31)(H,33,34). The Balaban J connectivity index is 1.91. The summed E-state index contributed by atoms with van der Waals surface area (Å²) in [6.07, 6.45) is 1.46. The highest BCUT2D eigenvalue weighted by Gasteiger charge is 2.38. The van der Waals surface area contributed by atoms with Gasteiger partial charge in [0.1, 0.15) is 0 Å². The third kappa shape index (κ3) is 5.88. The topological polar surface area (TPSA) is 97.6 Å². The lowest BCUT2D eigenvalue weighted by Crippen LogP contribution is -2.44. The second-order valence-corrected chi connectivity index (χ2v) is 15.7. The van der Waals surface area contributed by atoms with Gasteiger partial charge in [0.15, 0.2) is 14.4 Å². The van der Waals surface area contributed by atoms with Crippen molar-refractivity contribution in [3.8, 4) is 0 Å². The van der Waals surface area contributed by atoms with Gasteiger partial charge in [-0.25, -0.2) is 4.79 Å². The molecule has 0 bridgehead atoms. The number of fused-ring (bicyclic) bond motifs is 1. The molecule has 2 atom stereocenters. The predicted molar refractivity (Wildman–Crippen MR) is 147 cm³/mol. The lowest BCUT2D eigenvalue weighted by atomic mass is 10.00. The summed E-state index contributed by atoms with van der Waals surface area (Å²) in [4.78, 5) is 38.4. The van der Waals surface area contributed by atoms with Gasteiger partial charge in [-0.15, -0.1) is 0 Å². The molecule has 9 heteroatoms. The average Bonchev–Trinajstić information content (AvgIpc) is 2.80. The Bertz CT molecular complexity index is 1330. The number of carboxylic acid groups (broad SMARTS) is 1. The maximum Gasteiger partial charge on any atom is 0.329 e. The fourth-order valence-electron chi connectivity index (χ4n) is 3.57. The van der Waals surface area contributed by atoms with E-state index in [2.05, 4.69) is 26.1 Å². The van der Waals surface area contributed by atoms with E-state index >= 15 is 0 Å². The van der Waals surface area contributed by atoms with Crippen LogP contribution < -0.4 is 10.9 Å². The summed E-state index contributed by atoms with van der Waals surface area (Å²) in [6.45, 7) is 12.0. The molecule has 0 fully saturated rings. The monoisotopic (exact) mass is 528 g/mol. The zero-order chi connectivity index (χ0) is 26.8. The van der Waals surface area contributed by atoms with Crippen LogP contribution in [0.1, 0.15) is 45.2 Å². The number of carbonyl (C=O) groups excluding carboxylic acids is 1. The van der Waals surface area contributed by atoms with Gasteiger partial charge in [-0.1, -0.05) is 50.6 Å². The third-order valence-electron chi connectivity index (χ3n) is 7.02. The van der Waals surface area contributed by atoms with Gasteiger partial charge in [-0.2, -0.15) is 0 Å². The highest BCUT2D eigenvalue weighted by atomic mass is 35.5. The fourth-order valence-corrected chi connectivity index (χ4v) is 4.70. The number of aromatic nitrogens is 1. The minimum Gasteiger partial charge on any atom is -0.480 e. The minimum absolute atomic E-state index is 0.0966. The average molecular weight is 529 g/mol. The quantitative estimate of drug-likeness (QED) is 0.347. The zero-order valence-corrected chi connectivity index (χ0v) is 23.2. The van der Waals surface area contributed by atoms with Crippen LogP contribution in [-0.2, 0) is 14.0 Å². The molecule has 3 rings (SSSR count). The van der Waals surface area contributed by atoms with Gasteiger partial charge >= 0.3 is 5.97 Å². The molecule has 0 saturated heterocycles. The first-order valence-corrected chi connectivity index (χ1v) is 15.1. The van der Waals surface area contributed by atoms with Gasteiger partial charge in [0.05, 0.1) is 12.5 Å². The molecule has 1 aromatic heterocycles. The summed E-state index contributed by atoms with van der Waals surface area (Å²) >= 11 is 5.95. The lowest BCUT2D eigenvalue weighted by Gasteiger charge is -2.37. The normalized spacial score (nSPS) is 13.9. The molecule has 0 aliphatic rings. The number of nitrogens with zero attached hydrogens (tertiary/aromatic N) is 1. The van der Waals surface area contributed by atoms with Gasteiger partial charge < -0.3 is 14.8 Å². The number of hydrogen-bond donors (Lipinski definition) is 2. The second kappa shape index (κ2) is 10.6. The number of rotatable bonds is 8. The van der Waals surface area contributed by atoms with Crippen LogP contribution in [-0.4, -0.2) is 36.5 Å². The molecule has 2 unspecified atom stereocenters. The molecule has 0 aliphatic carbocycles. The number of halogens is 1. The Hall–Kier alpha value is -2.94. The molecular weight excluding hydrogens is 496 g/mol. The van der Waals surface area contributed by atoms with E-state index in [4.69, 9.17) is 16.0 Å². The third-order valence-corrected chi connectivity index (χ3v) is 11.8. The van der Waals surface area contributed by atoms with Crippen molar-refractivity contribution >= 4 is 48.3 Å². The SMILES string of the molecule is CC(C(=O)Nc1cccc2c(=O)n(C(CO[Si](C)(C)C(C)(C)C)C(=O)O)ccc12)c1ccc(Cl)cc1. The van der Waals surface area contributed by atoms with Gasteiger partial charge in [0, 0.05) is 27.7 Å². The van der Waals surface area contributed by atoms with Crippen molar-refractivity contribution in [3.63, 3.8) is 0 Å². The number of aliphatic carboxylic acids is 1. The van der Waals surface area contributed by atoms with E-state index in [9.17, 15) is 19.5 Å². The van der Waals surface area contributed by atoms with E-state index in [1.807, 2.05) is 13.1 Å². The lowest BCUT2D eigenvalue weighted by molar-refractivity contribution is -0.142. The van der Waals surface area contributed by atoms with Crippen molar-refractivity contribution in [2.24, 2.45) is 0 Å². The molecule has 0 spiro atoms. The van der Waals surface area contributed by atoms with Crippen LogP contribution in [0.5, 0.6) is 0 Å². The van der Waals surface area contributed by atoms with Crippen molar-refractivity contribution in [3.05, 3.63) is 75.7 Å². The van der Waals surface area contributed by atoms with Crippen LogP contribution in [0.3, 0.4) is 0 Å². The minimum atomic E-state index is -2.22. The Morgan fingerprint density at radius 1 is 1.08 bits per heavy atom. The molecule has 2 N–H and O–H groups in total. The highest BCUT2D eigenvalue weighted by molar-refractivity contribution is 6.74. The molecule has 192 valence electrons. The Labute approximate surface area is 217 Å². The van der Waals surface area contributed by atoms with E-state index in [-0.39, 0.29) is 17.6 Å². The number of anilines is 1. The van der Waals surface area contributed by atoms with Gasteiger partial charge in [-0.05, 0) is 61.0 Å². The summed E-state index contributed by atoms with van der Waals surface area (Å²) < 4.78 is 7.32. The van der Waals surface area contributed by atoms with Crippen LogP contribution >= 0.6 is 11.6 Å². The number of carboxylic acids is 1. The molecule has 36 heavy (non-hydrogen) atoms. The van der Waals surface area contributed by atoms with Crippen LogP contribution in [0.2, 0.25) is 23.2 Å². The second-order valence-electron chi connectivity index (χ2n) is 10.5. The molecule has 1 heterocycles. The first-order chi connectivity index (χ1) is 16.7. The van der Waals surface area contributed by atoms with Crippen LogP contribution in [0, 0.1) is 0 Å². The summed E-state index contributed by atoms with van der Waals surface area (Å²) in [7, 11) is -2.22. The van der Waals surface area contributed by atoms with E-state index in [1.165, 1.54) is 10.8 Å². The number of nitrogens with one attached hydrogen (secondary N) is 1. The van der Waals surface area contributed by atoms with Gasteiger partial charge in [-0.3, -0.25) is 14.2 Å². The Morgan fingerprint density at radius 3 is 2.31 bits per heavy atom. The number of benzene rings is 2. The Kier molecular flexibility index (Phi) is 8.12. The van der Waals surface area contributed by atoms with Crippen LogP contribution in [0.4, 0.5) is 5.69 Å². The molecular formula is C27H33ClN2O5Si. The van der Waals surface area contributed by atoms with Crippen LogP contribution in [0.15, 0.2) is 59.5 Å². The van der Waals surface area contributed by atoms with Crippen molar-refractivity contribution in [2.75, 3.05) is 11.9 Å². The predicted octanol–water partition coefficient (Wildman–Crippen LogP) is 6.04. The largest absolute Gasteiger partial charge is 0.480 e. The smallest absolute Gasteiger partial charge is 0.329 e. The van der Waals surface area contributed by atoms with E-state index in [0.29, 0.717) is 21.5 Å². The summed E-state index contributed by atoms with van der Waals surface area (Å²) in [5, 5.41) is 14.1. The summed E-state index contributed by atoms with van der Waals surface area (Å²) in [5.74, 6) is -1.82. The molecule has 1 amide bonds. The van der Waals surface area contributed by atoms with Crippen molar-refractivity contribution in [1.29, 1.82) is 0 Å². The van der Waals surface area contributed by atoms with Crippen molar-refractivity contribution < 1.29 is 19.1 Å². The van der Waals surface area contributed by atoms with Gasteiger partial charge in [0.25, 0.3) is 5.56 Å². The first kappa shape index (κ1) is 27.6. The zero-order valence-electron chi connectivity index (χ0n) is 21.5. The number of carbonyl (C=O) groups is 2. The summed E-state index contributed by atoms with van der Waals surface area (Å²) in [5.41, 5.74) is 0.832. The molecule has 3 aromatic rings. The molecule has 2 aromatic carbocycles. The fraction of sp³-hybridized carbons (Fsp3) is 0.370. The highest BCUT2D eigenvalue weighted by Crippen LogP contribution is 2.37. The molecule has 0 saturated carbocycles. The van der Waals surface area contributed by atoms with Crippen molar-refractivity contribution in [1.82, 2.24) is 4.57 Å². The van der Waals surface area contributed by atoms with E-state index in [1.54, 1.807) is 55.5 Å². The van der Waals surface area contributed by atoms with Crippen molar-refractivity contribution in [2.45, 2.75) is 57.8 Å². The van der Waals surface area contributed by atoms with Gasteiger partial charge in [0.2, 0.25) is 5.91 Å². The molecule has 0 radical (unpaired) electrons. The summed E-state index contributed by atoms with van der Waals surface area (Å²) in [6, 6.07) is 12.6. The van der Waals surface area contributed by atoms with E-state index in [0.717, 1.165) is 5.56 Å². The Morgan fingerprint density at radius 2 is 1.72 bits per heavy atom. The first-order valence-electron chi connectivity index (χ1n) is 11.8. The molecule has 0 aliphatic heterocycles. The number of amides is 1. The maximum absolute atomic E-state index is 13.4. The molecule has 7 nitrogen and oxygen atoms in total. The number of pyridine rings is 1. The van der Waals surface area contributed by atoms with E-state index < -0.39 is 31.8 Å². The number of hydrogen-bond acceptors (Lipinski definition) is 4. The van der Waals surface area contributed by atoms with Crippen LogP contribution in [0.25, 0.3) is 10.8 Å². The maximum atomic E-state index is 13.4.